The van der Waals surface area contributed by atoms with Crippen molar-refractivity contribution in [2.75, 3.05) is 0 Å². The fourth-order valence-corrected chi connectivity index (χ4v) is 3.41. The summed E-state index contributed by atoms with van der Waals surface area (Å²) >= 11 is 0. The van der Waals surface area contributed by atoms with Crippen LogP contribution in [0.4, 0.5) is 0 Å². The van der Waals surface area contributed by atoms with Gasteiger partial charge >= 0.3 is 5.63 Å². The van der Waals surface area contributed by atoms with Crippen LogP contribution in [0, 0.1) is 20.8 Å². The molecular formula is C23H24N2O3. The molecule has 0 aliphatic rings. The SMILES string of the molecule is Cc1cc2oc(=O)cc(-c3cc4c(CNC(C)C)cnc(C)c4o3)c2cc1C. The maximum absolute atomic E-state index is 12.2. The summed E-state index contributed by atoms with van der Waals surface area (Å²) in [5.41, 5.74) is 5.80. The van der Waals surface area contributed by atoms with Gasteiger partial charge in [0, 0.05) is 41.2 Å². The maximum Gasteiger partial charge on any atom is 0.336 e. The molecule has 4 aromatic rings. The van der Waals surface area contributed by atoms with Gasteiger partial charge < -0.3 is 14.2 Å². The molecule has 0 amide bonds. The molecule has 3 aromatic heterocycles. The number of pyridine rings is 1. The summed E-state index contributed by atoms with van der Waals surface area (Å²) in [5, 5.41) is 5.31. The van der Waals surface area contributed by atoms with Gasteiger partial charge in [-0.3, -0.25) is 4.98 Å². The molecule has 0 atom stereocenters. The Hall–Kier alpha value is -2.92. The van der Waals surface area contributed by atoms with E-state index in [0.29, 0.717) is 23.9 Å². The summed E-state index contributed by atoms with van der Waals surface area (Å²) in [5.74, 6) is 0.651. The average molecular weight is 376 g/mol. The van der Waals surface area contributed by atoms with Gasteiger partial charge in [0.25, 0.3) is 0 Å². The molecule has 0 aliphatic heterocycles. The first-order valence-electron chi connectivity index (χ1n) is 9.50. The van der Waals surface area contributed by atoms with Gasteiger partial charge in [-0.2, -0.15) is 0 Å². The van der Waals surface area contributed by atoms with Gasteiger partial charge in [0.05, 0.1) is 5.69 Å². The molecule has 0 saturated carbocycles. The molecule has 4 rings (SSSR count). The minimum atomic E-state index is -0.386. The third-order valence-corrected chi connectivity index (χ3v) is 5.15. The van der Waals surface area contributed by atoms with E-state index in [1.807, 2.05) is 45.2 Å². The van der Waals surface area contributed by atoms with E-state index in [-0.39, 0.29) is 5.63 Å². The standard InChI is InChI=1S/C23H24N2O3/c1-12(2)24-10-16-11-25-15(5)23-17(16)8-21(28-23)19-9-22(26)27-20-7-14(4)13(3)6-18(19)20/h6-9,11-12,24H,10H2,1-5H3. The van der Waals surface area contributed by atoms with Crippen LogP contribution in [0.2, 0.25) is 0 Å². The lowest BCUT2D eigenvalue weighted by molar-refractivity contribution is 0.559. The molecule has 0 radical (unpaired) electrons. The number of fused-ring (bicyclic) bond motifs is 2. The van der Waals surface area contributed by atoms with Crippen molar-refractivity contribution < 1.29 is 8.83 Å². The topological polar surface area (TPSA) is 68.3 Å². The lowest BCUT2D eigenvalue weighted by atomic mass is 10.0. The molecule has 0 unspecified atom stereocenters. The van der Waals surface area contributed by atoms with E-state index in [0.717, 1.165) is 44.3 Å². The fourth-order valence-electron chi connectivity index (χ4n) is 3.41. The van der Waals surface area contributed by atoms with Crippen LogP contribution in [0.1, 0.15) is 36.2 Å². The van der Waals surface area contributed by atoms with E-state index < -0.39 is 0 Å². The van der Waals surface area contributed by atoms with Crippen molar-refractivity contribution in [1.82, 2.24) is 10.3 Å². The summed E-state index contributed by atoms with van der Waals surface area (Å²) in [7, 11) is 0. The molecule has 0 saturated heterocycles. The molecule has 0 aliphatic carbocycles. The highest BCUT2D eigenvalue weighted by Crippen LogP contribution is 2.35. The summed E-state index contributed by atoms with van der Waals surface area (Å²) in [6.45, 7) is 10.9. The zero-order chi connectivity index (χ0) is 20.0. The second-order valence-corrected chi connectivity index (χ2v) is 7.67. The fraction of sp³-hybridized carbons (Fsp3) is 0.304. The van der Waals surface area contributed by atoms with Crippen LogP contribution >= 0.6 is 0 Å². The summed E-state index contributed by atoms with van der Waals surface area (Å²) in [6, 6.07) is 7.83. The highest BCUT2D eigenvalue weighted by atomic mass is 16.4. The van der Waals surface area contributed by atoms with E-state index in [2.05, 4.69) is 24.1 Å². The molecule has 0 bridgehead atoms. The Bertz CT molecular complexity index is 1250. The van der Waals surface area contributed by atoms with Crippen LogP contribution in [0.3, 0.4) is 0 Å². The molecule has 1 aromatic carbocycles. The molecule has 5 heteroatoms. The Morgan fingerprint density at radius 3 is 2.50 bits per heavy atom. The second-order valence-electron chi connectivity index (χ2n) is 7.67. The molecule has 3 heterocycles. The molecule has 28 heavy (non-hydrogen) atoms. The van der Waals surface area contributed by atoms with Gasteiger partial charge in [0.1, 0.15) is 11.3 Å². The summed E-state index contributed by atoms with van der Waals surface area (Å²) in [4.78, 5) is 16.7. The van der Waals surface area contributed by atoms with Crippen molar-refractivity contribution in [3.05, 3.63) is 63.3 Å². The van der Waals surface area contributed by atoms with Gasteiger partial charge in [-0.15, -0.1) is 0 Å². The lowest BCUT2D eigenvalue weighted by Gasteiger charge is -2.08. The van der Waals surface area contributed by atoms with Crippen LogP contribution in [0.5, 0.6) is 0 Å². The van der Waals surface area contributed by atoms with Crippen molar-refractivity contribution in [3.63, 3.8) is 0 Å². The predicted molar refractivity (Wildman–Crippen MR) is 112 cm³/mol. The normalized spacial score (nSPS) is 11.8. The van der Waals surface area contributed by atoms with E-state index >= 15 is 0 Å². The number of benzene rings is 1. The van der Waals surface area contributed by atoms with Crippen LogP contribution in [0.25, 0.3) is 33.3 Å². The Kier molecular flexibility index (Phi) is 4.55. The Balaban J connectivity index is 1.95. The number of furan rings is 1. The van der Waals surface area contributed by atoms with Crippen LogP contribution < -0.4 is 10.9 Å². The van der Waals surface area contributed by atoms with E-state index in [1.54, 1.807) is 0 Å². The molecule has 1 N–H and O–H groups in total. The lowest BCUT2D eigenvalue weighted by Crippen LogP contribution is -2.22. The quantitative estimate of drug-likeness (QED) is 0.506. The van der Waals surface area contributed by atoms with E-state index in [9.17, 15) is 4.79 Å². The van der Waals surface area contributed by atoms with Gasteiger partial charge in [0.2, 0.25) is 0 Å². The van der Waals surface area contributed by atoms with Crippen molar-refractivity contribution in [3.8, 4) is 11.3 Å². The minimum absolute atomic E-state index is 0.372. The average Bonchev–Trinajstić information content (AvgIpc) is 3.08. The Morgan fingerprint density at radius 1 is 1.00 bits per heavy atom. The number of nitrogens with zero attached hydrogens (tertiary/aromatic N) is 1. The monoisotopic (exact) mass is 376 g/mol. The second kappa shape index (κ2) is 6.91. The number of nitrogens with one attached hydrogen (secondary N) is 1. The summed E-state index contributed by atoms with van der Waals surface area (Å²) < 4.78 is 11.6. The highest BCUT2D eigenvalue weighted by Gasteiger charge is 2.17. The zero-order valence-electron chi connectivity index (χ0n) is 16.8. The maximum atomic E-state index is 12.2. The molecule has 0 spiro atoms. The third-order valence-electron chi connectivity index (χ3n) is 5.15. The van der Waals surface area contributed by atoms with Gasteiger partial charge in [-0.05, 0) is 55.7 Å². The number of rotatable bonds is 4. The van der Waals surface area contributed by atoms with Gasteiger partial charge in [0.15, 0.2) is 5.58 Å². The molecule has 144 valence electrons. The Labute approximate surface area is 163 Å². The Morgan fingerprint density at radius 2 is 1.75 bits per heavy atom. The first-order chi connectivity index (χ1) is 13.3. The van der Waals surface area contributed by atoms with Crippen LogP contribution in [-0.2, 0) is 6.54 Å². The molecule has 0 fully saturated rings. The molecule has 5 nitrogen and oxygen atoms in total. The number of hydrogen-bond donors (Lipinski definition) is 1. The van der Waals surface area contributed by atoms with Crippen molar-refractivity contribution in [2.24, 2.45) is 0 Å². The van der Waals surface area contributed by atoms with Gasteiger partial charge in [-0.1, -0.05) is 13.8 Å². The van der Waals surface area contributed by atoms with Crippen molar-refractivity contribution >= 4 is 21.9 Å². The third kappa shape index (κ3) is 3.22. The smallest absolute Gasteiger partial charge is 0.336 e. The van der Waals surface area contributed by atoms with Crippen molar-refractivity contribution in [2.45, 2.75) is 47.2 Å². The largest absolute Gasteiger partial charge is 0.454 e. The first-order valence-corrected chi connectivity index (χ1v) is 9.50. The summed E-state index contributed by atoms with van der Waals surface area (Å²) in [6.07, 6.45) is 1.89. The van der Waals surface area contributed by atoms with Gasteiger partial charge in [-0.25, -0.2) is 4.79 Å². The number of aryl methyl sites for hydroxylation is 3. The molecular weight excluding hydrogens is 352 g/mol. The number of hydrogen-bond acceptors (Lipinski definition) is 5. The number of aromatic nitrogens is 1. The van der Waals surface area contributed by atoms with Crippen molar-refractivity contribution in [1.29, 1.82) is 0 Å². The first kappa shape index (κ1) is 18.4. The minimum Gasteiger partial charge on any atom is -0.454 e. The predicted octanol–water partition coefficient (Wildman–Crippen LogP) is 5.02. The van der Waals surface area contributed by atoms with E-state index in [4.69, 9.17) is 8.83 Å². The van der Waals surface area contributed by atoms with Crippen LogP contribution in [0.15, 0.2) is 44.1 Å². The van der Waals surface area contributed by atoms with E-state index in [1.165, 1.54) is 6.07 Å². The zero-order valence-corrected chi connectivity index (χ0v) is 16.8. The van der Waals surface area contributed by atoms with Crippen LogP contribution in [-0.4, -0.2) is 11.0 Å². The highest BCUT2D eigenvalue weighted by molar-refractivity contribution is 5.96.